The maximum Gasteiger partial charge on any atom is 0.253 e. The van der Waals surface area contributed by atoms with E-state index in [9.17, 15) is 54.0 Å². The van der Waals surface area contributed by atoms with Crippen molar-refractivity contribution in [1.82, 2.24) is 15.5 Å². The van der Waals surface area contributed by atoms with Gasteiger partial charge >= 0.3 is 0 Å². The lowest BCUT2D eigenvalue weighted by molar-refractivity contribution is -0.167. The fourth-order valence-corrected chi connectivity index (χ4v) is 11.1. The maximum atomic E-state index is 13.5. The van der Waals surface area contributed by atoms with Crippen LogP contribution in [0, 0.1) is 34.5 Å². The second kappa shape index (κ2) is 18.4. The number of nitrogens with zero attached hydrogens (tertiary/aromatic N) is 1. The fraction of sp³-hybridized carbons (Fsp3) is 0.479. The molecule has 11 atom stereocenters. The first-order chi connectivity index (χ1) is 30.3. The number of ether oxygens (including phenoxy) is 1. The van der Waals surface area contributed by atoms with Crippen LogP contribution >= 0.6 is 0 Å². The number of hydrogen-bond acceptors (Lipinski definition) is 12. The van der Waals surface area contributed by atoms with Crippen molar-refractivity contribution in [3.05, 3.63) is 95.1 Å². The Morgan fingerprint density at radius 1 is 0.953 bits per heavy atom. The number of hydrogen-bond donors (Lipinski definition) is 7. The van der Waals surface area contributed by atoms with E-state index in [0.29, 0.717) is 30.5 Å². The van der Waals surface area contributed by atoms with Crippen molar-refractivity contribution in [3.63, 3.8) is 0 Å². The topological polar surface area (TPSA) is 249 Å². The first-order valence-corrected chi connectivity index (χ1v) is 21.8. The van der Waals surface area contributed by atoms with E-state index in [2.05, 4.69) is 22.9 Å². The highest BCUT2D eigenvalue weighted by atomic mass is 16.6. The Balaban J connectivity index is 0.946. The summed E-state index contributed by atoms with van der Waals surface area (Å²) in [5.41, 5.74) is 1.69. The van der Waals surface area contributed by atoms with Crippen LogP contribution in [0.4, 0.5) is 5.69 Å². The van der Waals surface area contributed by atoms with Crippen LogP contribution in [0.5, 0.6) is 5.75 Å². The van der Waals surface area contributed by atoms with Crippen molar-refractivity contribution in [2.75, 3.05) is 18.5 Å². The molecule has 0 bridgehead atoms. The number of aliphatic hydroxyl groups is 3. The highest BCUT2D eigenvalue weighted by Crippen LogP contribution is 2.66. The van der Waals surface area contributed by atoms with Crippen LogP contribution in [0.1, 0.15) is 82.8 Å². The first kappa shape index (κ1) is 46.2. The van der Waals surface area contributed by atoms with Gasteiger partial charge in [-0.1, -0.05) is 49.8 Å². The van der Waals surface area contributed by atoms with Crippen LogP contribution in [0.15, 0.2) is 78.4 Å². The molecule has 64 heavy (non-hydrogen) atoms. The molecule has 2 aromatic rings. The van der Waals surface area contributed by atoms with E-state index in [0.717, 1.165) is 34.6 Å². The van der Waals surface area contributed by atoms with Gasteiger partial charge in [-0.2, -0.15) is 0 Å². The van der Waals surface area contributed by atoms with Gasteiger partial charge in [-0.05, 0) is 98.3 Å². The number of ketones is 2. The molecule has 1 heterocycles. The van der Waals surface area contributed by atoms with Gasteiger partial charge in [-0.3, -0.25) is 38.5 Å². The highest BCUT2D eigenvalue weighted by Gasteiger charge is 2.65. The number of phenolic OH excluding ortho intramolecular Hbond substituents is 1. The Morgan fingerprint density at radius 2 is 1.67 bits per heavy atom. The van der Waals surface area contributed by atoms with E-state index in [1.165, 1.54) is 19.9 Å². The molecule has 0 aromatic heterocycles. The number of carbonyl (C=O) groups is 7. The normalized spacial score (nSPS) is 29.5. The van der Waals surface area contributed by atoms with Gasteiger partial charge in [-0.25, -0.2) is 0 Å². The molecule has 16 nitrogen and oxygen atoms in total. The molecule has 5 aliphatic rings. The van der Waals surface area contributed by atoms with Crippen molar-refractivity contribution < 1.29 is 58.7 Å². The van der Waals surface area contributed by atoms with Gasteiger partial charge in [0.2, 0.25) is 17.7 Å². The highest BCUT2D eigenvalue weighted by molar-refractivity contribution is 6.13. The molecule has 340 valence electrons. The van der Waals surface area contributed by atoms with E-state index in [1.807, 2.05) is 13.0 Å². The third-order valence-electron chi connectivity index (χ3n) is 14.3. The number of benzene rings is 2. The second-order valence-corrected chi connectivity index (χ2v) is 18.4. The van der Waals surface area contributed by atoms with Crippen LogP contribution in [-0.4, -0.2) is 104 Å². The Kier molecular flexibility index (Phi) is 13.2. The summed E-state index contributed by atoms with van der Waals surface area (Å²) in [7, 11) is 0. The van der Waals surface area contributed by atoms with Crippen LogP contribution < -0.4 is 16.0 Å². The summed E-state index contributed by atoms with van der Waals surface area (Å²) in [5.74, 6) is -4.39. The summed E-state index contributed by atoms with van der Waals surface area (Å²) < 4.78 is 6.28. The smallest absolute Gasteiger partial charge is 0.253 e. The molecule has 2 aromatic carbocycles. The van der Waals surface area contributed by atoms with Gasteiger partial charge in [0.1, 0.15) is 24.4 Å². The first-order valence-electron chi connectivity index (χ1n) is 21.8. The number of imide groups is 1. The lowest BCUT2D eigenvalue weighted by Gasteiger charge is -2.58. The zero-order chi connectivity index (χ0) is 46.2. The Morgan fingerprint density at radius 3 is 2.38 bits per heavy atom. The van der Waals surface area contributed by atoms with Crippen LogP contribution in [0.25, 0.3) is 0 Å². The number of rotatable bonds is 15. The van der Waals surface area contributed by atoms with E-state index >= 15 is 0 Å². The largest absolute Gasteiger partial charge is 0.508 e. The molecule has 0 spiro atoms. The molecule has 3 saturated carbocycles. The summed E-state index contributed by atoms with van der Waals surface area (Å²) >= 11 is 0. The van der Waals surface area contributed by atoms with Crippen molar-refractivity contribution in [1.29, 1.82) is 0 Å². The number of allylic oxidation sites excluding steroid dienone is 4. The van der Waals surface area contributed by atoms with Gasteiger partial charge in [0.15, 0.2) is 17.9 Å². The van der Waals surface area contributed by atoms with Gasteiger partial charge in [-0.15, -0.1) is 0 Å². The number of anilines is 1. The van der Waals surface area contributed by atoms with Gasteiger partial charge in [0.05, 0.1) is 18.1 Å². The molecule has 7 rings (SSSR count). The molecule has 2 unspecified atom stereocenters. The number of aliphatic hydroxyl groups excluding tert-OH is 3. The molecular weight excluding hydrogens is 825 g/mol. The minimum Gasteiger partial charge on any atom is -0.508 e. The summed E-state index contributed by atoms with van der Waals surface area (Å²) in [4.78, 5) is 88.2. The lowest BCUT2D eigenvalue weighted by atomic mass is 9.46. The molecule has 3 fully saturated rings. The molecule has 1 aliphatic heterocycles. The summed E-state index contributed by atoms with van der Waals surface area (Å²) in [6.45, 7) is 6.10. The molecule has 7 N–H and O–H groups in total. The molecule has 4 aliphatic carbocycles. The van der Waals surface area contributed by atoms with Crippen LogP contribution in [0.2, 0.25) is 0 Å². The number of fused-ring (bicyclic) bond motifs is 5. The zero-order valence-electron chi connectivity index (χ0n) is 36.3. The predicted octanol–water partition coefficient (Wildman–Crippen LogP) is 2.69. The van der Waals surface area contributed by atoms with Crippen molar-refractivity contribution in [2.45, 2.75) is 96.8 Å². The molecule has 16 heteroatoms. The summed E-state index contributed by atoms with van der Waals surface area (Å²) in [6, 6.07) is 9.54. The van der Waals surface area contributed by atoms with Gasteiger partial charge < -0.3 is 41.1 Å². The zero-order valence-corrected chi connectivity index (χ0v) is 36.3. The lowest BCUT2D eigenvalue weighted by Crippen LogP contribution is -2.56. The number of aromatic hydroxyl groups is 1. The third kappa shape index (κ3) is 9.09. The number of carbonyl (C=O) groups excluding carboxylic acids is 7. The van der Waals surface area contributed by atoms with Gasteiger partial charge in [0, 0.05) is 54.1 Å². The summed E-state index contributed by atoms with van der Waals surface area (Å²) in [6.07, 6.45) is 6.48. The quantitative estimate of drug-likeness (QED) is 0.101. The summed E-state index contributed by atoms with van der Waals surface area (Å²) in [5, 5.41) is 52.2. The predicted molar refractivity (Wildman–Crippen MR) is 230 cm³/mol. The van der Waals surface area contributed by atoms with E-state index in [4.69, 9.17) is 4.74 Å². The maximum absolute atomic E-state index is 13.5. The number of phenols is 1. The Labute approximate surface area is 370 Å². The van der Waals surface area contributed by atoms with Crippen molar-refractivity contribution >= 4 is 46.8 Å². The number of nitrogens with one attached hydrogen (secondary N) is 3. The average Bonchev–Trinajstić information content (AvgIpc) is 3.72. The second-order valence-electron chi connectivity index (χ2n) is 18.4. The minimum absolute atomic E-state index is 0.00242. The SMILES string of the molecule is C[C@H](NC(=O)CCN1C(=O)C=CC1=O)C(=O)N[C@@H](C)C(=O)Nc1cccc(Cc2ccc([C@@H](O)O[C@@H]3CC4[C@@H]5CCC6=CC(=O)C=C[C@]6(C)C5[C@@H](O)C[C@]4(C)[C@H]3C(=O)CO)cc2O)c1. The molecule has 0 radical (unpaired) electrons. The fourth-order valence-electron chi connectivity index (χ4n) is 11.1. The monoisotopic (exact) mass is 880 g/mol. The molecular formula is C48H56N4O12. The van der Waals surface area contributed by atoms with E-state index < -0.39 is 89.3 Å². The number of amides is 5. The van der Waals surface area contributed by atoms with Crippen molar-refractivity contribution in [2.24, 2.45) is 34.5 Å². The number of Topliss-reactive ketones (excluding diaryl/α,β-unsaturated/α-hetero) is 1. The molecule has 5 amide bonds. The van der Waals surface area contributed by atoms with Crippen LogP contribution in [-0.2, 0) is 44.7 Å². The van der Waals surface area contributed by atoms with E-state index in [-0.39, 0.29) is 54.2 Å². The minimum atomic E-state index is -1.52. The Hall–Kier alpha value is -5.81. The third-order valence-corrected chi connectivity index (χ3v) is 14.3. The van der Waals surface area contributed by atoms with Gasteiger partial charge in [0.25, 0.3) is 11.8 Å². The average molecular weight is 881 g/mol. The molecule has 0 saturated heterocycles. The van der Waals surface area contributed by atoms with E-state index in [1.54, 1.807) is 48.6 Å². The van der Waals surface area contributed by atoms with Crippen LogP contribution in [0.3, 0.4) is 0 Å². The van der Waals surface area contributed by atoms with Crippen molar-refractivity contribution in [3.8, 4) is 5.75 Å². The standard InChI is InChI=1S/C48H56N4O12/c1-25(49-39(58)15-17-52-40(59)12-13-41(52)60)44(61)50-26(2)45(62)51-31-7-5-6-27(19-31)18-28-8-9-29(20-35(28)55)46(63)64-38-22-34-33-11-10-30-21-32(54)14-16-47(30,3)42(33)36(56)23-48(34,4)43(38)37(57)24-53/h5-9,12-14,16,19-21,25-26,33-34,36,38,42-43,46,53,55-56,63H,10-11,15,17-18,22-24H2,1-4H3,(H,49,58)(H,50,61)(H,51,62)/t25-,26-,33-,34?,36-,38+,42?,43-,46-,47-,48-/m0/s1. The Bertz CT molecular complexity index is 2320.